The Labute approximate surface area is 83.2 Å². The summed E-state index contributed by atoms with van der Waals surface area (Å²) in [4.78, 5) is 0. The summed E-state index contributed by atoms with van der Waals surface area (Å²) in [6.07, 6.45) is 0. The number of anilines is 1. The average Bonchev–Trinajstić information content (AvgIpc) is 2.26. The summed E-state index contributed by atoms with van der Waals surface area (Å²) in [6, 6.07) is 15.0. The maximum Gasteiger partial charge on any atom is 0.0604 e. The van der Waals surface area contributed by atoms with E-state index in [4.69, 9.17) is 5.11 Å². The molecule has 0 unspecified atom stereocenters. The Bertz CT molecular complexity index is 420. The Kier molecular flexibility index (Phi) is 2.65. The standard InChI is InChI=1S/C12H12NO/c14-9-8-13-12-7-3-5-10-4-1-2-6-11(10)12/h2-7,13-14H,8-9H2. The molecule has 0 spiro atoms. The van der Waals surface area contributed by atoms with Crippen LogP contribution in [0.4, 0.5) is 5.69 Å². The van der Waals surface area contributed by atoms with Crippen LogP contribution >= 0.6 is 0 Å². The van der Waals surface area contributed by atoms with Crippen LogP contribution in [0.1, 0.15) is 0 Å². The van der Waals surface area contributed by atoms with Gasteiger partial charge >= 0.3 is 0 Å². The van der Waals surface area contributed by atoms with E-state index in [9.17, 15) is 0 Å². The van der Waals surface area contributed by atoms with E-state index in [2.05, 4.69) is 17.4 Å². The molecule has 0 aliphatic heterocycles. The largest absolute Gasteiger partial charge is 0.395 e. The molecule has 2 aromatic rings. The lowest BCUT2D eigenvalue weighted by Gasteiger charge is -2.07. The number of benzene rings is 2. The summed E-state index contributed by atoms with van der Waals surface area (Å²) in [5, 5.41) is 14.2. The van der Waals surface area contributed by atoms with E-state index in [1.54, 1.807) is 0 Å². The van der Waals surface area contributed by atoms with Crippen molar-refractivity contribution >= 4 is 16.5 Å². The summed E-state index contributed by atoms with van der Waals surface area (Å²) in [5.41, 5.74) is 1.06. The zero-order valence-corrected chi connectivity index (χ0v) is 7.83. The highest BCUT2D eigenvalue weighted by atomic mass is 16.3. The number of fused-ring (bicyclic) bond motifs is 1. The molecule has 0 saturated carbocycles. The molecule has 71 valence electrons. The zero-order chi connectivity index (χ0) is 9.80. The van der Waals surface area contributed by atoms with Gasteiger partial charge in [-0.3, -0.25) is 0 Å². The van der Waals surface area contributed by atoms with Crippen LogP contribution in [0, 0.1) is 6.07 Å². The lowest BCUT2D eigenvalue weighted by Crippen LogP contribution is -2.05. The van der Waals surface area contributed by atoms with Crippen molar-refractivity contribution in [3.8, 4) is 0 Å². The Morgan fingerprint density at radius 2 is 2.21 bits per heavy atom. The van der Waals surface area contributed by atoms with Crippen molar-refractivity contribution in [1.29, 1.82) is 0 Å². The highest BCUT2D eigenvalue weighted by Crippen LogP contribution is 2.22. The first-order valence-corrected chi connectivity index (χ1v) is 4.65. The van der Waals surface area contributed by atoms with E-state index in [1.165, 1.54) is 5.39 Å². The minimum atomic E-state index is 0.148. The van der Waals surface area contributed by atoms with Crippen molar-refractivity contribution in [2.24, 2.45) is 0 Å². The van der Waals surface area contributed by atoms with Crippen molar-refractivity contribution in [2.75, 3.05) is 18.5 Å². The molecule has 14 heavy (non-hydrogen) atoms. The lowest BCUT2D eigenvalue weighted by molar-refractivity contribution is 0.311. The van der Waals surface area contributed by atoms with E-state index in [1.807, 2.05) is 30.3 Å². The lowest BCUT2D eigenvalue weighted by atomic mass is 10.1. The fourth-order valence-electron chi connectivity index (χ4n) is 1.51. The van der Waals surface area contributed by atoms with Crippen LogP contribution in [0.15, 0.2) is 36.4 Å². The van der Waals surface area contributed by atoms with Gasteiger partial charge in [-0.2, -0.15) is 0 Å². The second-order valence-electron chi connectivity index (χ2n) is 3.10. The van der Waals surface area contributed by atoms with Crippen molar-refractivity contribution in [3.05, 3.63) is 42.5 Å². The molecule has 0 atom stereocenters. The second-order valence-corrected chi connectivity index (χ2v) is 3.10. The third kappa shape index (κ3) is 1.70. The van der Waals surface area contributed by atoms with Crippen LogP contribution in [0.5, 0.6) is 0 Å². The maximum absolute atomic E-state index is 8.73. The minimum absolute atomic E-state index is 0.148. The van der Waals surface area contributed by atoms with Gasteiger partial charge in [-0.15, -0.1) is 0 Å². The summed E-state index contributed by atoms with van der Waals surface area (Å²) < 4.78 is 0. The van der Waals surface area contributed by atoms with Gasteiger partial charge in [0.05, 0.1) is 6.61 Å². The number of nitrogens with one attached hydrogen (secondary N) is 1. The first-order chi connectivity index (χ1) is 6.92. The molecule has 2 N–H and O–H groups in total. The van der Waals surface area contributed by atoms with Gasteiger partial charge in [0.2, 0.25) is 0 Å². The van der Waals surface area contributed by atoms with E-state index in [0.29, 0.717) is 6.54 Å². The molecule has 0 fully saturated rings. The monoisotopic (exact) mass is 186 g/mol. The van der Waals surface area contributed by atoms with E-state index < -0.39 is 0 Å². The van der Waals surface area contributed by atoms with Crippen LogP contribution in [-0.2, 0) is 0 Å². The van der Waals surface area contributed by atoms with Gasteiger partial charge in [0.1, 0.15) is 0 Å². The van der Waals surface area contributed by atoms with Gasteiger partial charge in [-0.1, -0.05) is 24.3 Å². The maximum atomic E-state index is 8.73. The third-order valence-corrected chi connectivity index (χ3v) is 2.15. The molecular weight excluding hydrogens is 174 g/mol. The molecule has 2 nitrogen and oxygen atoms in total. The predicted molar refractivity (Wildman–Crippen MR) is 58.4 cm³/mol. The SMILES string of the molecule is OCCNc1cccc2c[c]ccc12. The second kappa shape index (κ2) is 4.11. The Balaban J connectivity index is 2.43. The molecule has 0 aromatic heterocycles. The molecular formula is C12H12NO. The molecule has 0 bridgehead atoms. The highest BCUT2D eigenvalue weighted by Gasteiger charge is 1.97. The Hall–Kier alpha value is -1.54. The van der Waals surface area contributed by atoms with E-state index in [-0.39, 0.29) is 6.61 Å². The smallest absolute Gasteiger partial charge is 0.0604 e. The first-order valence-electron chi connectivity index (χ1n) is 4.65. The number of hydrogen-bond donors (Lipinski definition) is 2. The molecule has 2 heteroatoms. The summed E-state index contributed by atoms with van der Waals surface area (Å²) in [5.74, 6) is 0. The quantitative estimate of drug-likeness (QED) is 0.768. The van der Waals surface area contributed by atoms with Crippen LogP contribution in [0.25, 0.3) is 10.8 Å². The molecule has 0 aliphatic carbocycles. The van der Waals surface area contributed by atoms with Crippen molar-refractivity contribution < 1.29 is 5.11 Å². The topological polar surface area (TPSA) is 32.3 Å². The van der Waals surface area contributed by atoms with Gasteiger partial charge in [0.15, 0.2) is 0 Å². The molecule has 0 heterocycles. The molecule has 0 aliphatic rings. The summed E-state index contributed by atoms with van der Waals surface area (Å²) >= 11 is 0. The normalized spacial score (nSPS) is 10.4. The fourth-order valence-corrected chi connectivity index (χ4v) is 1.51. The Morgan fingerprint density at radius 1 is 1.29 bits per heavy atom. The third-order valence-electron chi connectivity index (χ3n) is 2.15. The van der Waals surface area contributed by atoms with Crippen molar-refractivity contribution in [3.63, 3.8) is 0 Å². The van der Waals surface area contributed by atoms with Gasteiger partial charge in [0.25, 0.3) is 0 Å². The van der Waals surface area contributed by atoms with E-state index in [0.717, 1.165) is 11.1 Å². The molecule has 2 rings (SSSR count). The molecule has 0 saturated heterocycles. The van der Waals surface area contributed by atoms with Gasteiger partial charge in [-0.05, 0) is 23.6 Å². The van der Waals surface area contributed by atoms with Crippen molar-refractivity contribution in [1.82, 2.24) is 0 Å². The van der Waals surface area contributed by atoms with Gasteiger partial charge in [0, 0.05) is 17.6 Å². The van der Waals surface area contributed by atoms with Gasteiger partial charge in [-0.25, -0.2) is 0 Å². The van der Waals surface area contributed by atoms with Crippen LogP contribution in [0.2, 0.25) is 0 Å². The number of rotatable bonds is 3. The number of aliphatic hydroxyl groups excluding tert-OH is 1. The van der Waals surface area contributed by atoms with E-state index >= 15 is 0 Å². The van der Waals surface area contributed by atoms with Crippen molar-refractivity contribution in [2.45, 2.75) is 0 Å². The minimum Gasteiger partial charge on any atom is -0.395 e. The number of hydrogen-bond acceptors (Lipinski definition) is 2. The van der Waals surface area contributed by atoms with Crippen LogP contribution in [0.3, 0.4) is 0 Å². The number of aliphatic hydroxyl groups is 1. The summed E-state index contributed by atoms with van der Waals surface area (Å²) in [6.45, 7) is 0.729. The molecule has 1 radical (unpaired) electrons. The first kappa shape index (κ1) is 9.03. The molecule has 2 aromatic carbocycles. The van der Waals surface area contributed by atoms with Crippen LogP contribution in [-0.4, -0.2) is 18.3 Å². The fraction of sp³-hybridized carbons (Fsp3) is 0.167. The predicted octanol–water partition coefficient (Wildman–Crippen LogP) is 2.04. The van der Waals surface area contributed by atoms with Gasteiger partial charge < -0.3 is 10.4 Å². The summed E-state index contributed by atoms with van der Waals surface area (Å²) in [7, 11) is 0. The zero-order valence-electron chi connectivity index (χ0n) is 7.83. The molecule has 0 amide bonds. The Morgan fingerprint density at radius 3 is 3.07 bits per heavy atom. The van der Waals surface area contributed by atoms with Crippen LogP contribution < -0.4 is 5.32 Å². The highest BCUT2D eigenvalue weighted by molar-refractivity contribution is 5.93. The average molecular weight is 186 g/mol.